The quantitative estimate of drug-likeness (QED) is 0.863. The first-order chi connectivity index (χ1) is 9.60. The van der Waals surface area contributed by atoms with Gasteiger partial charge in [0.15, 0.2) is 0 Å². The molecular formula is C15H14ClFN2O. The lowest BCUT2D eigenvalue weighted by Crippen LogP contribution is -2.31. The number of hydrogen-bond donors (Lipinski definition) is 0. The molecule has 2 aromatic rings. The number of rotatable bonds is 4. The Bertz CT molecular complexity index is 618. The molecule has 5 heteroatoms. The standard InChI is InChI=1S/C15H14ClFN2O/c1-2-19(10-11-4-3-5-13(17)8-11)15(20)14-9-12(16)6-7-18-14/h3-9H,2,10H2,1H3. The van der Waals surface area contributed by atoms with Gasteiger partial charge in [-0.2, -0.15) is 0 Å². The highest BCUT2D eigenvalue weighted by Gasteiger charge is 2.16. The molecule has 20 heavy (non-hydrogen) atoms. The number of halogens is 2. The number of carbonyl (C=O) groups excluding carboxylic acids is 1. The summed E-state index contributed by atoms with van der Waals surface area (Å²) in [5.74, 6) is -0.536. The third kappa shape index (κ3) is 3.54. The Labute approximate surface area is 122 Å². The van der Waals surface area contributed by atoms with Gasteiger partial charge in [-0.15, -0.1) is 0 Å². The Balaban J connectivity index is 2.18. The average molecular weight is 293 g/mol. The lowest BCUT2D eigenvalue weighted by atomic mass is 10.2. The van der Waals surface area contributed by atoms with Crippen molar-refractivity contribution < 1.29 is 9.18 Å². The molecule has 3 nitrogen and oxygen atoms in total. The van der Waals surface area contributed by atoms with Crippen LogP contribution < -0.4 is 0 Å². The smallest absolute Gasteiger partial charge is 0.272 e. The first-order valence-corrected chi connectivity index (χ1v) is 6.63. The number of amides is 1. The Kier molecular flexibility index (Phi) is 4.69. The molecule has 0 aliphatic rings. The lowest BCUT2D eigenvalue weighted by molar-refractivity contribution is 0.0746. The van der Waals surface area contributed by atoms with E-state index in [1.165, 1.54) is 24.4 Å². The van der Waals surface area contributed by atoms with Crippen molar-refractivity contribution in [2.45, 2.75) is 13.5 Å². The Morgan fingerprint density at radius 3 is 2.80 bits per heavy atom. The van der Waals surface area contributed by atoms with E-state index < -0.39 is 0 Å². The van der Waals surface area contributed by atoms with Crippen LogP contribution in [0.4, 0.5) is 4.39 Å². The van der Waals surface area contributed by atoms with Gasteiger partial charge in [0.2, 0.25) is 0 Å². The number of aromatic nitrogens is 1. The molecule has 0 spiro atoms. The number of pyridine rings is 1. The fraction of sp³-hybridized carbons (Fsp3) is 0.200. The second kappa shape index (κ2) is 6.48. The van der Waals surface area contributed by atoms with E-state index in [0.717, 1.165) is 5.56 Å². The lowest BCUT2D eigenvalue weighted by Gasteiger charge is -2.20. The summed E-state index contributed by atoms with van der Waals surface area (Å²) < 4.78 is 13.2. The zero-order valence-corrected chi connectivity index (χ0v) is 11.8. The van der Waals surface area contributed by atoms with E-state index in [9.17, 15) is 9.18 Å². The van der Waals surface area contributed by atoms with Gasteiger partial charge in [-0.3, -0.25) is 9.78 Å². The summed E-state index contributed by atoms with van der Waals surface area (Å²) in [6, 6.07) is 9.34. The first-order valence-electron chi connectivity index (χ1n) is 6.25. The highest BCUT2D eigenvalue weighted by Crippen LogP contribution is 2.13. The van der Waals surface area contributed by atoms with Crippen molar-refractivity contribution >= 4 is 17.5 Å². The van der Waals surface area contributed by atoms with Crippen LogP contribution in [0, 0.1) is 5.82 Å². The molecule has 0 radical (unpaired) electrons. The van der Waals surface area contributed by atoms with Crippen LogP contribution in [0.25, 0.3) is 0 Å². The predicted octanol–water partition coefficient (Wildman–Crippen LogP) is 3.54. The summed E-state index contributed by atoms with van der Waals surface area (Å²) in [4.78, 5) is 17.9. The number of hydrogen-bond acceptors (Lipinski definition) is 2. The summed E-state index contributed by atoms with van der Waals surface area (Å²) in [7, 11) is 0. The van der Waals surface area contributed by atoms with Gasteiger partial charge < -0.3 is 4.90 Å². The SMILES string of the molecule is CCN(Cc1cccc(F)c1)C(=O)c1cc(Cl)ccn1. The zero-order valence-electron chi connectivity index (χ0n) is 11.0. The van der Waals surface area contributed by atoms with Gasteiger partial charge in [0, 0.05) is 24.3 Å². The fourth-order valence-electron chi connectivity index (χ4n) is 1.87. The zero-order chi connectivity index (χ0) is 14.5. The Morgan fingerprint density at radius 2 is 2.15 bits per heavy atom. The second-order valence-electron chi connectivity index (χ2n) is 4.31. The molecular weight excluding hydrogens is 279 g/mol. The summed E-state index contributed by atoms with van der Waals surface area (Å²) in [5, 5.41) is 0.463. The third-order valence-electron chi connectivity index (χ3n) is 2.87. The average Bonchev–Trinajstić information content (AvgIpc) is 2.44. The van der Waals surface area contributed by atoms with Crippen molar-refractivity contribution in [3.05, 3.63) is 64.7 Å². The van der Waals surface area contributed by atoms with Crippen LogP contribution >= 0.6 is 11.6 Å². The van der Waals surface area contributed by atoms with Crippen LogP contribution in [0.3, 0.4) is 0 Å². The maximum Gasteiger partial charge on any atom is 0.272 e. The number of nitrogens with zero attached hydrogens (tertiary/aromatic N) is 2. The fourth-order valence-corrected chi connectivity index (χ4v) is 2.03. The summed E-state index contributed by atoms with van der Waals surface area (Å²) in [6.07, 6.45) is 1.49. The largest absolute Gasteiger partial charge is 0.333 e. The molecule has 0 bridgehead atoms. The molecule has 0 N–H and O–H groups in total. The normalized spacial score (nSPS) is 10.3. The van der Waals surface area contributed by atoms with Gasteiger partial charge in [0.25, 0.3) is 5.91 Å². The van der Waals surface area contributed by atoms with Crippen LogP contribution in [0.15, 0.2) is 42.6 Å². The summed E-state index contributed by atoms with van der Waals surface area (Å²) >= 11 is 5.86. The summed E-state index contributed by atoms with van der Waals surface area (Å²) in [5.41, 5.74) is 1.03. The molecule has 1 aromatic carbocycles. The van der Waals surface area contributed by atoms with Crippen LogP contribution in [0.1, 0.15) is 23.0 Å². The Hall–Kier alpha value is -1.94. The maximum absolute atomic E-state index is 13.2. The molecule has 0 saturated heterocycles. The first kappa shape index (κ1) is 14.5. The van der Waals surface area contributed by atoms with Crippen molar-refractivity contribution in [1.29, 1.82) is 0 Å². The molecule has 0 saturated carbocycles. The topological polar surface area (TPSA) is 33.2 Å². The van der Waals surface area contributed by atoms with E-state index in [1.807, 2.05) is 6.92 Å². The van der Waals surface area contributed by atoms with E-state index in [1.54, 1.807) is 23.1 Å². The third-order valence-corrected chi connectivity index (χ3v) is 3.11. The van der Waals surface area contributed by atoms with E-state index in [4.69, 9.17) is 11.6 Å². The molecule has 0 fully saturated rings. The molecule has 1 aromatic heterocycles. The monoisotopic (exact) mass is 292 g/mol. The van der Waals surface area contributed by atoms with Crippen LogP contribution in [-0.4, -0.2) is 22.3 Å². The Morgan fingerprint density at radius 1 is 1.35 bits per heavy atom. The minimum absolute atomic E-state index is 0.223. The molecule has 0 atom stereocenters. The van der Waals surface area contributed by atoms with Gasteiger partial charge >= 0.3 is 0 Å². The van der Waals surface area contributed by atoms with Crippen LogP contribution in [-0.2, 0) is 6.54 Å². The second-order valence-corrected chi connectivity index (χ2v) is 4.74. The van der Waals surface area contributed by atoms with Gasteiger partial charge in [-0.25, -0.2) is 4.39 Å². The van der Waals surface area contributed by atoms with E-state index >= 15 is 0 Å². The van der Waals surface area contributed by atoms with Crippen molar-refractivity contribution in [2.24, 2.45) is 0 Å². The molecule has 0 aliphatic carbocycles. The van der Waals surface area contributed by atoms with Crippen molar-refractivity contribution in [3.63, 3.8) is 0 Å². The molecule has 0 unspecified atom stereocenters. The van der Waals surface area contributed by atoms with Gasteiger partial charge in [-0.1, -0.05) is 23.7 Å². The van der Waals surface area contributed by atoms with Crippen molar-refractivity contribution in [2.75, 3.05) is 6.54 Å². The highest BCUT2D eigenvalue weighted by molar-refractivity contribution is 6.30. The molecule has 1 amide bonds. The molecule has 104 valence electrons. The van der Waals surface area contributed by atoms with E-state index in [2.05, 4.69) is 4.98 Å². The minimum atomic E-state index is -0.313. The van der Waals surface area contributed by atoms with Crippen LogP contribution in [0.2, 0.25) is 5.02 Å². The predicted molar refractivity (Wildman–Crippen MR) is 76.1 cm³/mol. The minimum Gasteiger partial charge on any atom is -0.333 e. The maximum atomic E-state index is 13.2. The van der Waals surface area contributed by atoms with E-state index in [-0.39, 0.29) is 17.4 Å². The molecule has 0 aliphatic heterocycles. The molecule has 2 rings (SSSR count). The van der Waals surface area contributed by atoms with Gasteiger partial charge in [-0.05, 0) is 36.8 Å². The highest BCUT2D eigenvalue weighted by atomic mass is 35.5. The van der Waals surface area contributed by atoms with E-state index in [0.29, 0.717) is 18.1 Å². The van der Waals surface area contributed by atoms with Crippen molar-refractivity contribution in [1.82, 2.24) is 9.88 Å². The van der Waals surface area contributed by atoms with Crippen molar-refractivity contribution in [3.8, 4) is 0 Å². The van der Waals surface area contributed by atoms with Gasteiger partial charge in [0.05, 0.1) is 0 Å². The number of carbonyl (C=O) groups is 1. The summed E-state index contributed by atoms with van der Waals surface area (Å²) in [6.45, 7) is 2.70. The van der Waals surface area contributed by atoms with Crippen LogP contribution in [0.5, 0.6) is 0 Å². The van der Waals surface area contributed by atoms with Gasteiger partial charge in [0.1, 0.15) is 11.5 Å². The molecule has 1 heterocycles. The number of benzene rings is 1.